The summed E-state index contributed by atoms with van der Waals surface area (Å²) in [7, 11) is 0. The number of rotatable bonds is 3. The molecule has 0 atom stereocenters. The molecule has 1 N–H and O–H groups in total. The maximum absolute atomic E-state index is 13.3. The van der Waals surface area contributed by atoms with Gasteiger partial charge in [0.2, 0.25) is 0 Å². The van der Waals surface area contributed by atoms with E-state index in [1.54, 1.807) is 0 Å². The van der Waals surface area contributed by atoms with Crippen molar-refractivity contribution in [1.29, 1.82) is 0 Å². The minimum absolute atomic E-state index is 0.0201. The molecule has 120 valence electrons. The van der Waals surface area contributed by atoms with E-state index < -0.39 is 23.2 Å². The van der Waals surface area contributed by atoms with Gasteiger partial charge in [-0.1, -0.05) is 0 Å². The Bertz CT molecular complexity index is 779. The standard InChI is InChI=1S/C17H14F2O4/c1-17(2)8-13-14(3-9(16(20)21)4-15(13)23-17)22-12-6-10(18)5-11(19)7-12/h3-7H,8H2,1-2H3,(H,20,21). The molecule has 2 aromatic rings. The zero-order valence-electron chi connectivity index (χ0n) is 12.5. The molecule has 6 heteroatoms. The predicted molar refractivity (Wildman–Crippen MR) is 78.2 cm³/mol. The van der Waals surface area contributed by atoms with Crippen molar-refractivity contribution in [2.24, 2.45) is 0 Å². The molecule has 0 saturated heterocycles. The summed E-state index contributed by atoms with van der Waals surface area (Å²) < 4.78 is 37.9. The van der Waals surface area contributed by atoms with Crippen molar-refractivity contribution in [2.45, 2.75) is 25.9 Å². The van der Waals surface area contributed by atoms with Crippen molar-refractivity contribution in [3.8, 4) is 17.2 Å². The third-order valence-electron chi connectivity index (χ3n) is 3.47. The highest BCUT2D eigenvalue weighted by molar-refractivity contribution is 5.89. The molecule has 0 aliphatic carbocycles. The molecule has 0 fully saturated rings. The molecular weight excluding hydrogens is 306 g/mol. The Morgan fingerprint density at radius 1 is 1.17 bits per heavy atom. The number of fused-ring (bicyclic) bond motifs is 1. The van der Waals surface area contributed by atoms with Gasteiger partial charge in [0.1, 0.15) is 34.5 Å². The van der Waals surface area contributed by atoms with Crippen LogP contribution < -0.4 is 9.47 Å². The van der Waals surface area contributed by atoms with Gasteiger partial charge in [-0.25, -0.2) is 13.6 Å². The molecule has 0 amide bonds. The van der Waals surface area contributed by atoms with Crippen LogP contribution in [-0.2, 0) is 6.42 Å². The van der Waals surface area contributed by atoms with E-state index in [0.717, 1.165) is 18.2 Å². The fourth-order valence-corrected chi connectivity index (χ4v) is 2.57. The quantitative estimate of drug-likeness (QED) is 0.922. The van der Waals surface area contributed by atoms with Crippen molar-refractivity contribution >= 4 is 5.97 Å². The summed E-state index contributed by atoms with van der Waals surface area (Å²) in [4.78, 5) is 11.2. The first kappa shape index (κ1) is 15.3. The Hall–Kier alpha value is -2.63. The lowest BCUT2D eigenvalue weighted by Gasteiger charge is -2.16. The Morgan fingerprint density at radius 3 is 2.43 bits per heavy atom. The number of halogens is 2. The lowest BCUT2D eigenvalue weighted by Crippen LogP contribution is -2.24. The fourth-order valence-electron chi connectivity index (χ4n) is 2.57. The Labute approximate surface area is 131 Å². The van der Waals surface area contributed by atoms with Crippen molar-refractivity contribution in [3.05, 3.63) is 53.1 Å². The molecule has 23 heavy (non-hydrogen) atoms. The van der Waals surface area contributed by atoms with E-state index in [1.165, 1.54) is 12.1 Å². The van der Waals surface area contributed by atoms with Crippen LogP contribution >= 0.6 is 0 Å². The minimum atomic E-state index is -1.14. The van der Waals surface area contributed by atoms with E-state index >= 15 is 0 Å². The van der Waals surface area contributed by atoms with Gasteiger partial charge in [0.25, 0.3) is 0 Å². The lowest BCUT2D eigenvalue weighted by molar-refractivity contribution is 0.0695. The summed E-state index contributed by atoms with van der Waals surface area (Å²) in [6.45, 7) is 3.72. The van der Waals surface area contributed by atoms with Gasteiger partial charge in [-0.3, -0.25) is 0 Å². The second-order valence-electron chi connectivity index (χ2n) is 6.00. The fraction of sp³-hybridized carbons (Fsp3) is 0.235. The van der Waals surface area contributed by atoms with Gasteiger partial charge in [0, 0.05) is 30.2 Å². The molecule has 0 bridgehead atoms. The van der Waals surface area contributed by atoms with Crippen molar-refractivity contribution < 1.29 is 28.2 Å². The Balaban J connectivity index is 2.06. The molecule has 0 spiro atoms. The number of carboxylic acids is 1. The summed E-state index contributed by atoms with van der Waals surface area (Å²) in [5.41, 5.74) is 0.142. The molecule has 4 nitrogen and oxygen atoms in total. The van der Waals surface area contributed by atoms with E-state index in [0.29, 0.717) is 17.7 Å². The van der Waals surface area contributed by atoms with Crippen molar-refractivity contribution in [1.82, 2.24) is 0 Å². The van der Waals surface area contributed by atoms with Crippen LogP contribution in [0.15, 0.2) is 30.3 Å². The van der Waals surface area contributed by atoms with Crippen LogP contribution in [0.5, 0.6) is 17.2 Å². The van der Waals surface area contributed by atoms with Crippen LogP contribution in [0.1, 0.15) is 29.8 Å². The maximum Gasteiger partial charge on any atom is 0.335 e. The van der Waals surface area contributed by atoms with Crippen molar-refractivity contribution in [3.63, 3.8) is 0 Å². The zero-order valence-corrected chi connectivity index (χ0v) is 12.5. The number of aromatic carboxylic acids is 1. The number of carboxylic acid groups (broad SMARTS) is 1. The number of hydrogen-bond donors (Lipinski definition) is 1. The lowest BCUT2D eigenvalue weighted by atomic mass is 10.00. The largest absolute Gasteiger partial charge is 0.487 e. The summed E-state index contributed by atoms with van der Waals surface area (Å²) in [5.74, 6) is -2.11. The summed E-state index contributed by atoms with van der Waals surface area (Å²) in [6, 6.07) is 5.55. The van der Waals surface area contributed by atoms with Crippen LogP contribution in [0.2, 0.25) is 0 Å². The van der Waals surface area contributed by atoms with Gasteiger partial charge < -0.3 is 14.6 Å². The molecule has 2 aromatic carbocycles. The molecule has 0 aromatic heterocycles. The maximum atomic E-state index is 13.3. The third kappa shape index (κ3) is 3.11. The smallest absolute Gasteiger partial charge is 0.335 e. The Kier molecular flexibility index (Phi) is 3.47. The van der Waals surface area contributed by atoms with E-state index in [9.17, 15) is 18.7 Å². The first-order valence-electron chi connectivity index (χ1n) is 6.97. The molecule has 1 aliphatic rings. The average Bonchev–Trinajstić information content (AvgIpc) is 2.71. The molecule has 0 saturated carbocycles. The van der Waals surface area contributed by atoms with Gasteiger partial charge in [-0.15, -0.1) is 0 Å². The predicted octanol–water partition coefficient (Wildman–Crippen LogP) is 4.17. The van der Waals surface area contributed by atoms with Crippen LogP contribution in [0, 0.1) is 11.6 Å². The van der Waals surface area contributed by atoms with Gasteiger partial charge in [-0.05, 0) is 26.0 Å². The minimum Gasteiger partial charge on any atom is -0.487 e. The molecule has 1 aliphatic heterocycles. The van der Waals surface area contributed by atoms with E-state index in [4.69, 9.17) is 9.47 Å². The van der Waals surface area contributed by atoms with E-state index in [1.807, 2.05) is 13.8 Å². The molecule has 0 radical (unpaired) electrons. The first-order chi connectivity index (χ1) is 10.7. The van der Waals surface area contributed by atoms with Crippen molar-refractivity contribution in [2.75, 3.05) is 0 Å². The number of ether oxygens (including phenoxy) is 2. The summed E-state index contributed by atoms with van der Waals surface area (Å²) in [6.07, 6.45) is 0.495. The highest BCUT2D eigenvalue weighted by atomic mass is 19.1. The number of carbonyl (C=O) groups is 1. The van der Waals surface area contributed by atoms with E-state index in [2.05, 4.69) is 0 Å². The van der Waals surface area contributed by atoms with Gasteiger partial charge >= 0.3 is 5.97 Å². The van der Waals surface area contributed by atoms with E-state index in [-0.39, 0.29) is 17.1 Å². The highest BCUT2D eigenvalue weighted by Gasteiger charge is 2.34. The van der Waals surface area contributed by atoms with Gasteiger partial charge in [0.05, 0.1) is 5.56 Å². The topological polar surface area (TPSA) is 55.8 Å². The van der Waals surface area contributed by atoms with Crippen LogP contribution in [0.25, 0.3) is 0 Å². The SMILES string of the molecule is CC1(C)Cc2c(Oc3cc(F)cc(F)c3)cc(C(=O)O)cc2O1. The van der Waals surface area contributed by atoms with Crippen LogP contribution in [0.3, 0.4) is 0 Å². The molecule has 0 unspecified atom stereocenters. The second-order valence-corrected chi connectivity index (χ2v) is 6.00. The third-order valence-corrected chi connectivity index (χ3v) is 3.47. The number of hydrogen-bond acceptors (Lipinski definition) is 3. The van der Waals surface area contributed by atoms with Gasteiger partial charge in [0.15, 0.2) is 0 Å². The molecule has 1 heterocycles. The first-order valence-corrected chi connectivity index (χ1v) is 6.97. The molecular formula is C17H14F2O4. The summed E-state index contributed by atoms with van der Waals surface area (Å²) >= 11 is 0. The summed E-state index contributed by atoms with van der Waals surface area (Å²) in [5, 5.41) is 9.19. The van der Waals surface area contributed by atoms with Crippen LogP contribution in [-0.4, -0.2) is 16.7 Å². The second kappa shape index (κ2) is 5.22. The normalized spacial score (nSPS) is 15.0. The highest BCUT2D eigenvalue weighted by Crippen LogP contribution is 2.43. The van der Waals surface area contributed by atoms with Gasteiger partial charge in [-0.2, -0.15) is 0 Å². The molecule has 3 rings (SSSR count). The van der Waals surface area contributed by atoms with Crippen LogP contribution in [0.4, 0.5) is 8.78 Å². The Morgan fingerprint density at radius 2 is 1.83 bits per heavy atom. The number of benzene rings is 2. The monoisotopic (exact) mass is 320 g/mol. The zero-order chi connectivity index (χ0) is 16.8. The average molecular weight is 320 g/mol.